The first-order valence-corrected chi connectivity index (χ1v) is 10.6. The molecule has 3 rings (SSSR count). The van der Waals surface area contributed by atoms with Crippen LogP contribution in [0.2, 0.25) is 0 Å². The van der Waals surface area contributed by atoms with Gasteiger partial charge in [0.2, 0.25) is 0 Å². The smallest absolute Gasteiger partial charge is 0.191 e. The number of ether oxygens (including phenoxy) is 1. The summed E-state index contributed by atoms with van der Waals surface area (Å²) in [5, 5.41) is 7.01. The van der Waals surface area contributed by atoms with Crippen LogP contribution in [0.1, 0.15) is 30.9 Å². The number of guanidine groups is 1. The molecule has 2 fully saturated rings. The molecule has 7 heteroatoms. The lowest BCUT2D eigenvalue weighted by molar-refractivity contribution is 0.0341. The number of aliphatic imine (C=N–C) groups is 1. The average molecular weight is 504 g/mol. The highest BCUT2D eigenvalue weighted by molar-refractivity contribution is 14.0. The molecule has 1 aromatic rings. The van der Waals surface area contributed by atoms with E-state index in [4.69, 9.17) is 4.74 Å². The molecule has 1 atom stereocenters. The van der Waals surface area contributed by atoms with E-state index in [-0.39, 0.29) is 24.0 Å². The van der Waals surface area contributed by atoms with Gasteiger partial charge < -0.3 is 15.4 Å². The fourth-order valence-corrected chi connectivity index (χ4v) is 4.78. The van der Waals surface area contributed by atoms with Crippen molar-refractivity contribution in [2.24, 2.45) is 4.99 Å². The molecule has 2 heterocycles. The van der Waals surface area contributed by atoms with E-state index in [1.54, 1.807) is 0 Å². The van der Waals surface area contributed by atoms with E-state index >= 15 is 0 Å². The van der Waals surface area contributed by atoms with E-state index in [9.17, 15) is 0 Å². The van der Waals surface area contributed by atoms with Crippen LogP contribution in [0.4, 0.5) is 0 Å². The fourth-order valence-electron chi connectivity index (χ4n) is 3.53. The minimum atomic E-state index is 0. The number of nitrogens with one attached hydrogen (secondary N) is 2. The third-order valence-corrected chi connectivity index (χ3v) is 6.75. The first kappa shape index (κ1) is 22.8. The van der Waals surface area contributed by atoms with Crippen LogP contribution in [0.5, 0.6) is 0 Å². The molecule has 2 saturated heterocycles. The molecule has 0 bridgehead atoms. The first-order valence-electron chi connectivity index (χ1n) is 9.64. The summed E-state index contributed by atoms with van der Waals surface area (Å²) in [6.45, 7) is 8.81. The lowest BCUT2D eigenvalue weighted by atomic mass is 10.1. The molecule has 0 aromatic heterocycles. The van der Waals surface area contributed by atoms with Gasteiger partial charge in [0.05, 0.1) is 13.2 Å². The Labute approximate surface area is 185 Å². The summed E-state index contributed by atoms with van der Waals surface area (Å²) < 4.78 is 5.80. The van der Waals surface area contributed by atoms with Gasteiger partial charge >= 0.3 is 0 Å². The van der Waals surface area contributed by atoms with E-state index in [0.717, 1.165) is 51.9 Å². The van der Waals surface area contributed by atoms with E-state index in [1.165, 1.54) is 29.7 Å². The number of hydrogen-bond acceptors (Lipinski definition) is 4. The SMILES string of the molecule is CN=C(NCc1ccccc1CN1CCOCC1)NCC1(C)CCCS1.I. The third-order valence-electron chi connectivity index (χ3n) is 5.22. The van der Waals surface area contributed by atoms with Gasteiger partial charge in [-0.2, -0.15) is 11.8 Å². The second-order valence-electron chi connectivity index (χ2n) is 7.34. The van der Waals surface area contributed by atoms with Crippen LogP contribution in [0.25, 0.3) is 0 Å². The highest BCUT2D eigenvalue weighted by atomic mass is 127. The topological polar surface area (TPSA) is 48.9 Å². The quantitative estimate of drug-likeness (QED) is 0.355. The predicted octanol–water partition coefficient (Wildman–Crippen LogP) is 3.09. The second kappa shape index (κ2) is 11.5. The molecular formula is C20H33IN4OS. The summed E-state index contributed by atoms with van der Waals surface area (Å²) >= 11 is 2.07. The summed E-state index contributed by atoms with van der Waals surface area (Å²) in [6, 6.07) is 8.69. The lowest BCUT2D eigenvalue weighted by Crippen LogP contribution is -2.43. The van der Waals surface area contributed by atoms with E-state index in [2.05, 4.69) is 63.5 Å². The molecule has 5 nitrogen and oxygen atoms in total. The van der Waals surface area contributed by atoms with Crippen molar-refractivity contribution >= 4 is 41.7 Å². The fraction of sp³-hybridized carbons (Fsp3) is 0.650. The van der Waals surface area contributed by atoms with E-state index in [0.29, 0.717) is 4.75 Å². The van der Waals surface area contributed by atoms with Crippen molar-refractivity contribution in [3.8, 4) is 0 Å². The Kier molecular flexibility index (Phi) is 9.69. The van der Waals surface area contributed by atoms with Crippen molar-refractivity contribution in [3.05, 3.63) is 35.4 Å². The van der Waals surface area contributed by atoms with Crippen molar-refractivity contribution in [3.63, 3.8) is 0 Å². The largest absolute Gasteiger partial charge is 0.379 e. The Bertz CT molecular complexity index is 601. The van der Waals surface area contributed by atoms with Crippen molar-refractivity contribution < 1.29 is 4.74 Å². The summed E-state index contributed by atoms with van der Waals surface area (Å²) in [7, 11) is 1.85. The van der Waals surface area contributed by atoms with Gasteiger partial charge in [0, 0.05) is 44.5 Å². The number of hydrogen-bond donors (Lipinski definition) is 2. The van der Waals surface area contributed by atoms with Crippen LogP contribution in [0.15, 0.2) is 29.3 Å². The molecule has 2 aliphatic heterocycles. The average Bonchev–Trinajstić information content (AvgIpc) is 3.11. The maximum absolute atomic E-state index is 5.46. The maximum atomic E-state index is 5.46. The summed E-state index contributed by atoms with van der Waals surface area (Å²) in [5.41, 5.74) is 2.72. The van der Waals surface area contributed by atoms with E-state index in [1.807, 2.05) is 7.05 Å². The zero-order chi connectivity index (χ0) is 18.2. The molecule has 0 spiro atoms. The predicted molar refractivity (Wildman–Crippen MR) is 126 cm³/mol. The number of thioether (sulfide) groups is 1. The monoisotopic (exact) mass is 504 g/mol. The normalized spacial score (nSPS) is 23.7. The van der Waals surface area contributed by atoms with Gasteiger partial charge in [-0.15, -0.1) is 24.0 Å². The molecular weight excluding hydrogens is 471 g/mol. The Balaban J connectivity index is 0.00000261. The van der Waals surface area contributed by atoms with Gasteiger partial charge in [-0.1, -0.05) is 24.3 Å². The number of rotatable bonds is 6. The molecule has 0 saturated carbocycles. The van der Waals surface area contributed by atoms with Crippen molar-refractivity contribution in [2.75, 3.05) is 45.6 Å². The highest BCUT2D eigenvalue weighted by Crippen LogP contribution is 2.36. The number of nitrogens with zero attached hydrogens (tertiary/aromatic N) is 2. The van der Waals surface area contributed by atoms with Gasteiger partial charge in [-0.05, 0) is 36.6 Å². The first-order chi connectivity index (χ1) is 12.7. The van der Waals surface area contributed by atoms with Crippen molar-refractivity contribution in [2.45, 2.75) is 37.6 Å². The minimum Gasteiger partial charge on any atom is -0.379 e. The number of benzene rings is 1. The third kappa shape index (κ3) is 7.11. The minimum absolute atomic E-state index is 0. The number of morpholine rings is 1. The van der Waals surface area contributed by atoms with Crippen LogP contribution >= 0.6 is 35.7 Å². The molecule has 0 radical (unpaired) electrons. The van der Waals surface area contributed by atoms with Crippen LogP contribution < -0.4 is 10.6 Å². The molecule has 0 amide bonds. The van der Waals surface area contributed by atoms with Gasteiger partial charge in [-0.3, -0.25) is 9.89 Å². The Morgan fingerprint density at radius 3 is 2.63 bits per heavy atom. The maximum Gasteiger partial charge on any atom is 0.191 e. The Morgan fingerprint density at radius 1 is 1.22 bits per heavy atom. The van der Waals surface area contributed by atoms with Gasteiger partial charge in [0.15, 0.2) is 5.96 Å². The van der Waals surface area contributed by atoms with Crippen LogP contribution in [-0.4, -0.2) is 61.3 Å². The Morgan fingerprint density at radius 2 is 1.96 bits per heavy atom. The van der Waals surface area contributed by atoms with Crippen LogP contribution in [0.3, 0.4) is 0 Å². The molecule has 1 unspecified atom stereocenters. The van der Waals surface area contributed by atoms with Crippen LogP contribution in [0, 0.1) is 0 Å². The zero-order valence-electron chi connectivity index (χ0n) is 16.5. The molecule has 27 heavy (non-hydrogen) atoms. The summed E-state index contributed by atoms with van der Waals surface area (Å²) in [4.78, 5) is 6.86. The molecule has 0 aliphatic carbocycles. The molecule has 152 valence electrons. The van der Waals surface area contributed by atoms with Crippen molar-refractivity contribution in [1.82, 2.24) is 15.5 Å². The van der Waals surface area contributed by atoms with Gasteiger partial charge in [-0.25, -0.2) is 0 Å². The standard InChI is InChI=1S/C20H32N4OS.HI/c1-20(8-5-13-26-20)16-23-19(21-2)22-14-17-6-3-4-7-18(17)15-24-9-11-25-12-10-24;/h3-4,6-7H,5,8-16H2,1-2H3,(H2,21,22,23);1H. The second-order valence-corrected chi connectivity index (χ2v) is 9.02. The van der Waals surface area contributed by atoms with Gasteiger partial charge in [0.1, 0.15) is 0 Å². The summed E-state index contributed by atoms with van der Waals surface area (Å²) in [5.74, 6) is 2.17. The molecule has 1 aromatic carbocycles. The van der Waals surface area contributed by atoms with E-state index < -0.39 is 0 Å². The molecule has 2 aliphatic rings. The zero-order valence-corrected chi connectivity index (χ0v) is 19.6. The number of halogens is 1. The Hall–Kier alpha value is -0.510. The highest BCUT2D eigenvalue weighted by Gasteiger charge is 2.29. The van der Waals surface area contributed by atoms with Crippen LogP contribution in [-0.2, 0) is 17.8 Å². The lowest BCUT2D eigenvalue weighted by Gasteiger charge is -2.27. The molecule has 2 N–H and O–H groups in total. The van der Waals surface area contributed by atoms with Crippen molar-refractivity contribution in [1.29, 1.82) is 0 Å². The summed E-state index contributed by atoms with van der Waals surface area (Å²) in [6.07, 6.45) is 2.60. The van der Waals surface area contributed by atoms with Gasteiger partial charge in [0.25, 0.3) is 0 Å².